The number of carbonyl (C=O) groups excluding carboxylic acids is 2. The minimum absolute atomic E-state index is 0.101. The molecule has 5 heteroatoms. The first-order chi connectivity index (χ1) is 7.57. The van der Waals surface area contributed by atoms with Crippen LogP contribution >= 0.6 is 0 Å². The number of carbonyl (C=O) groups is 2. The molecule has 1 atom stereocenters. The van der Waals surface area contributed by atoms with E-state index < -0.39 is 0 Å². The van der Waals surface area contributed by atoms with Crippen LogP contribution < -0.4 is 5.73 Å². The summed E-state index contributed by atoms with van der Waals surface area (Å²) in [6, 6.07) is 0. The Morgan fingerprint density at radius 3 is 2.69 bits per heavy atom. The second kappa shape index (κ2) is 4.05. The summed E-state index contributed by atoms with van der Waals surface area (Å²) in [5, 5.41) is 0. The van der Waals surface area contributed by atoms with Gasteiger partial charge in [-0.1, -0.05) is 0 Å². The highest BCUT2D eigenvalue weighted by molar-refractivity contribution is 5.74. The number of ether oxygens (including phenoxy) is 1. The lowest BCUT2D eigenvalue weighted by molar-refractivity contribution is -0.142. The number of rotatable bonds is 1. The largest absolute Gasteiger partial charge is 0.460 e. The summed E-state index contributed by atoms with van der Waals surface area (Å²) in [4.78, 5) is 24.4. The molecule has 1 amide bonds. The van der Waals surface area contributed by atoms with E-state index in [0.717, 1.165) is 12.8 Å². The number of hydrogen-bond acceptors (Lipinski definition) is 4. The van der Waals surface area contributed by atoms with Gasteiger partial charge >= 0.3 is 5.97 Å². The Bertz CT molecular complexity index is 308. The van der Waals surface area contributed by atoms with Crippen LogP contribution in [0.3, 0.4) is 0 Å². The molecule has 2 N–H and O–H groups in total. The third kappa shape index (κ3) is 1.80. The van der Waals surface area contributed by atoms with Crippen LogP contribution in [0.5, 0.6) is 0 Å². The summed E-state index contributed by atoms with van der Waals surface area (Å²) in [5.74, 6) is -0.0453. The summed E-state index contributed by atoms with van der Waals surface area (Å²) >= 11 is 0. The minimum atomic E-state index is -0.158. The highest BCUT2D eigenvalue weighted by Gasteiger charge is 2.49. The molecule has 1 spiro atoms. The highest BCUT2D eigenvalue weighted by atomic mass is 16.6. The summed E-state index contributed by atoms with van der Waals surface area (Å²) in [6.45, 7) is 3.38. The number of nitrogens with two attached hydrogens (primary N) is 1. The van der Waals surface area contributed by atoms with Crippen LogP contribution in [0.25, 0.3) is 0 Å². The maximum absolute atomic E-state index is 11.3. The predicted molar refractivity (Wildman–Crippen MR) is 57.5 cm³/mol. The van der Waals surface area contributed by atoms with E-state index in [0.29, 0.717) is 26.1 Å². The molecule has 2 fully saturated rings. The molecule has 2 aliphatic rings. The van der Waals surface area contributed by atoms with Gasteiger partial charge in [-0.25, -0.2) is 0 Å². The molecule has 16 heavy (non-hydrogen) atoms. The van der Waals surface area contributed by atoms with Gasteiger partial charge in [0.05, 0.1) is 6.42 Å². The van der Waals surface area contributed by atoms with Gasteiger partial charge in [0.2, 0.25) is 5.91 Å². The van der Waals surface area contributed by atoms with Crippen molar-refractivity contribution in [2.75, 3.05) is 19.6 Å². The zero-order chi connectivity index (χ0) is 11.8. The first-order valence-corrected chi connectivity index (χ1v) is 5.72. The van der Waals surface area contributed by atoms with Crippen molar-refractivity contribution in [2.24, 2.45) is 11.1 Å². The van der Waals surface area contributed by atoms with Gasteiger partial charge in [0.25, 0.3) is 0 Å². The smallest absolute Gasteiger partial charge is 0.306 e. The first kappa shape index (κ1) is 11.4. The Hall–Kier alpha value is -1.10. The van der Waals surface area contributed by atoms with Gasteiger partial charge in [-0.05, 0) is 12.8 Å². The molecule has 0 radical (unpaired) electrons. The van der Waals surface area contributed by atoms with Crippen molar-refractivity contribution in [3.8, 4) is 0 Å². The van der Waals surface area contributed by atoms with Crippen molar-refractivity contribution < 1.29 is 14.3 Å². The van der Waals surface area contributed by atoms with Crippen LogP contribution in [0.15, 0.2) is 0 Å². The summed E-state index contributed by atoms with van der Waals surface area (Å²) in [6.07, 6.45) is 1.94. The molecule has 2 heterocycles. The maximum atomic E-state index is 11.3. The third-order valence-electron chi connectivity index (χ3n) is 3.87. The van der Waals surface area contributed by atoms with Crippen molar-refractivity contribution in [2.45, 2.75) is 32.3 Å². The lowest BCUT2D eigenvalue weighted by atomic mass is 9.73. The van der Waals surface area contributed by atoms with Gasteiger partial charge in [-0.3, -0.25) is 9.59 Å². The first-order valence-electron chi connectivity index (χ1n) is 5.72. The van der Waals surface area contributed by atoms with Crippen molar-refractivity contribution >= 4 is 11.9 Å². The van der Waals surface area contributed by atoms with Gasteiger partial charge < -0.3 is 15.4 Å². The fraction of sp³-hybridized carbons (Fsp3) is 0.818. The van der Waals surface area contributed by atoms with E-state index in [1.165, 1.54) is 0 Å². The van der Waals surface area contributed by atoms with Gasteiger partial charge in [0, 0.05) is 32.0 Å². The van der Waals surface area contributed by atoms with Crippen LogP contribution in [0.2, 0.25) is 0 Å². The van der Waals surface area contributed by atoms with E-state index in [-0.39, 0.29) is 23.4 Å². The molecule has 90 valence electrons. The Kier molecular flexibility index (Phi) is 2.88. The standard InChI is InChI=1S/C11H18N2O3/c1-8(14)13-4-2-11(3-5-13)6-10(15)16-9(11)7-12/h9H,2-7,12H2,1H3. The molecule has 0 saturated carbocycles. The predicted octanol–water partition coefficient (Wildman–Crippen LogP) is -0.111. The van der Waals surface area contributed by atoms with Gasteiger partial charge in [0.15, 0.2) is 0 Å². The Balaban J connectivity index is 2.05. The van der Waals surface area contributed by atoms with Crippen LogP contribution in [0.4, 0.5) is 0 Å². The summed E-state index contributed by atoms with van der Waals surface area (Å²) in [5.41, 5.74) is 5.52. The van der Waals surface area contributed by atoms with Crippen LogP contribution in [-0.4, -0.2) is 42.5 Å². The molecule has 2 aliphatic heterocycles. The molecule has 0 bridgehead atoms. The number of hydrogen-bond donors (Lipinski definition) is 1. The highest BCUT2D eigenvalue weighted by Crippen LogP contribution is 2.44. The average Bonchev–Trinajstić information content (AvgIpc) is 2.55. The van der Waals surface area contributed by atoms with Gasteiger partial charge in [-0.15, -0.1) is 0 Å². The lowest BCUT2D eigenvalue weighted by Crippen LogP contribution is -2.47. The van der Waals surface area contributed by atoms with Crippen molar-refractivity contribution in [3.63, 3.8) is 0 Å². The fourth-order valence-electron chi connectivity index (χ4n) is 2.79. The Morgan fingerprint density at radius 1 is 1.56 bits per heavy atom. The molecule has 2 saturated heterocycles. The zero-order valence-corrected chi connectivity index (χ0v) is 9.57. The molecule has 0 aromatic rings. The van der Waals surface area contributed by atoms with E-state index >= 15 is 0 Å². The second-order valence-electron chi connectivity index (χ2n) is 4.76. The Morgan fingerprint density at radius 2 is 2.19 bits per heavy atom. The molecule has 0 aromatic carbocycles. The normalized spacial score (nSPS) is 28.2. The number of likely N-dealkylation sites (tertiary alicyclic amines) is 1. The summed E-state index contributed by atoms with van der Waals surface area (Å²) in [7, 11) is 0. The monoisotopic (exact) mass is 226 g/mol. The SMILES string of the molecule is CC(=O)N1CCC2(CC1)CC(=O)OC2CN. The average molecular weight is 226 g/mol. The van der Waals surface area contributed by atoms with E-state index in [9.17, 15) is 9.59 Å². The molecule has 5 nitrogen and oxygen atoms in total. The quantitative estimate of drug-likeness (QED) is 0.633. The fourth-order valence-corrected chi connectivity index (χ4v) is 2.79. The van der Waals surface area contributed by atoms with Crippen molar-refractivity contribution in [1.29, 1.82) is 0 Å². The topological polar surface area (TPSA) is 72.6 Å². The number of esters is 1. The number of piperidine rings is 1. The molecule has 1 unspecified atom stereocenters. The van der Waals surface area contributed by atoms with Crippen molar-refractivity contribution in [3.05, 3.63) is 0 Å². The minimum Gasteiger partial charge on any atom is -0.460 e. The molecular weight excluding hydrogens is 208 g/mol. The molecular formula is C11H18N2O3. The summed E-state index contributed by atoms with van der Waals surface area (Å²) < 4.78 is 5.23. The maximum Gasteiger partial charge on any atom is 0.306 e. The van der Waals surface area contributed by atoms with Crippen LogP contribution in [0, 0.1) is 5.41 Å². The zero-order valence-electron chi connectivity index (χ0n) is 9.57. The third-order valence-corrected chi connectivity index (χ3v) is 3.87. The van der Waals surface area contributed by atoms with Gasteiger partial charge in [-0.2, -0.15) is 0 Å². The number of cyclic esters (lactones) is 1. The molecule has 2 rings (SSSR count). The van der Waals surface area contributed by atoms with Crippen LogP contribution in [-0.2, 0) is 14.3 Å². The number of amides is 1. The number of nitrogens with zero attached hydrogens (tertiary/aromatic N) is 1. The van der Waals surface area contributed by atoms with E-state index in [4.69, 9.17) is 10.5 Å². The van der Waals surface area contributed by atoms with E-state index in [1.54, 1.807) is 6.92 Å². The van der Waals surface area contributed by atoms with Crippen LogP contribution in [0.1, 0.15) is 26.2 Å². The molecule has 0 aliphatic carbocycles. The van der Waals surface area contributed by atoms with Crippen molar-refractivity contribution in [1.82, 2.24) is 4.90 Å². The second-order valence-corrected chi connectivity index (χ2v) is 4.76. The Labute approximate surface area is 94.9 Å². The lowest BCUT2D eigenvalue weighted by Gasteiger charge is -2.40. The molecule has 0 aromatic heterocycles. The van der Waals surface area contributed by atoms with Gasteiger partial charge in [0.1, 0.15) is 6.10 Å². The van der Waals surface area contributed by atoms with E-state index in [2.05, 4.69) is 0 Å². The van der Waals surface area contributed by atoms with E-state index in [1.807, 2.05) is 4.90 Å².